The van der Waals surface area contributed by atoms with Gasteiger partial charge in [-0.3, -0.25) is 9.59 Å². The van der Waals surface area contributed by atoms with Crippen molar-refractivity contribution in [1.29, 1.82) is 0 Å². The zero-order chi connectivity index (χ0) is 16.7. The summed E-state index contributed by atoms with van der Waals surface area (Å²) in [5, 5.41) is 0. The molecule has 0 radical (unpaired) electrons. The SMILES string of the molecule is COc1cc(OC)cc(N2C(=O)C3CC(C)=C(C)CC3C2=O)c1. The Labute approximate surface area is 135 Å². The van der Waals surface area contributed by atoms with Crippen LogP contribution in [0.2, 0.25) is 0 Å². The number of rotatable bonds is 3. The fourth-order valence-corrected chi connectivity index (χ4v) is 3.43. The van der Waals surface area contributed by atoms with Gasteiger partial charge in [0.25, 0.3) is 0 Å². The van der Waals surface area contributed by atoms with E-state index in [0.29, 0.717) is 30.0 Å². The highest BCUT2D eigenvalue weighted by atomic mass is 16.5. The quantitative estimate of drug-likeness (QED) is 0.636. The molecule has 5 heteroatoms. The highest BCUT2D eigenvalue weighted by molar-refractivity contribution is 6.22. The van der Waals surface area contributed by atoms with Gasteiger partial charge in [-0.25, -0.2) is 4.90 Å². The van der Waals surface area contributed by atoms with E-state index in [1.54, 1.807) is 32.4 Å². The van der Waals surface area contributed by atoms with Crippen LogP contribution >= 0.6 is 0 Å². The Kier molecular flexibility index (Phi) is 3.88. The molecule has 5 nitrogen and oxygen atoms in total. The third-order valence-electron chi connectivity index (χ3n) is 4.94. The van der Waals surface area contributed by atoms with Crippen LogP contribution < -0.4 is 14.4 Å². The standard InChI is InChI=1S/C18H21NO4/c1-10-5-15-16(6-11(10)2)18(21)19(17(15)20)12-7-13(22-3)9-14(8-12)23-4/h7-9,15-16H,5-6H2,1-4H3. The minimum atomic E-state index is -0.247. The molecule has 0 bridgehead atoms. The third-order valence-corrected chi connectivity index (χ3v) is 4.94. The van der Waals surface area contributed by atoms with Crippen LogP contribution in [0, 0.1) is 11.8 Å². The molecule has 1 aliphatic heterocycles. The number of amides is 2. The lowest BCUT2D eigenvalue weighted by molar-refractivity contribution is -0.122. The van der Waals surface area contributed by atoms with Crippen LogP contribution in [-0.2, 0) is 9.59 Å². The first kappa shape index (κ1) is 15.6. The van der Waals surface area contributed by atoms with Gasteiger partial charge in [-0.15, -0.1) is 0 Å². The van der Waals surface area contributed by atoms with Gasteiger partial charge in [0.15, 0.2) is 0 Å². The van der Waals surface area contributed by atoms with E-state index in [2.05, 4.69) is 0 Å². The van der Waals surface area contributed by atoms with Gasteiger partial charge in [-0.1, -0.05) is 11.1 Å². The zero-order valence-corrected chi connectivity index (χ0v) is 13.9. The Morgan fingerprint density at radius 3 is 1.70 bits per heavy atom. The predicted molar refractivity (Wildman–Crippen MR) is 86.6 cm³/mol. The Bertz CT molecular complexity index is 653. The van der Waals surface area contributed by atoms with Crippen LogP contribution in [0.3, 0.4) is 0 Å². The summed E-state index contributed by atoms with van der Waals surface area (Å²) in [6.07, 6.45) is 1.33. The maximum Gasteiger partial charge on any atom is 0.238 e. The number of fused-ring (bicyclic) bond motifs is 1. The molecule has 2 aliphatic rings. The molecule has 2 atom stereocenters. The molecule has 1 aliphatic carbocycles. The van der Waals surface area contributed by atoms with E-state index >= 15 is 0 Å². The summed E-state index contributed by atoms with van der Waals surface area (Å²) >= 11 is 0. The lowest BCUT2D eigenvalue weighted by Gasteiger charge is -2.23. The molecular formula is C18H21NO4. The molecule has 1 heterocycles. The molecule has 3 rings (SSSR count). The molecule has 2 amide bonds. The van der Waals surface area contributed by atoms with Crippen molar-refractivity contribution in [2.45, 2.75) is 26.7 Å². The second kappa shape index (κ2) is 5.72. The molecular weight excluding hydrogens is 294 g/mol. The van der Waals surface area contributed by atoms with Gasteiger partial charge >= 0.3 is 0 Å². The van der Waals surface area contributed by atoms with Crippen LogP contribution in [-0.4, -0.2) is 26.0 Å². The normalized spacial score (nSPS) is 24.1. The molecule has 1 fully saturated rings. The Morgan fingerprint density at radius 1 is 0.870 bits per heavy atom. The molecule has 23 heavy (non-hydrogen) atoms. The number of ether oxygens (including phenoxy) is 2. The maximum atomic E-state index is 12.8. The highest BCUT2D eigenvalue weighted by Gasteiger charge is 2.49. The molecule has 0 N–H and O–H groups in total. The number of benzene rings is 1. The fraction of sp³-hybridized carbons (Fsp3) is 0.444. The zero-order valence-electron chi connectivity index (χ0n) is 13.9. The average molecular weight is 315 g/mol. The van der Waals surface area contributed by atoms with Crippen molar-refractivity contribution in [3.05, 3.63) is 29.3 Å². The number of carbonyl (C=O) groups is 2. The summed E-state index contributed by atoms with van der Waals surface area (Å²) in [5.41, 5.74) is 2.95. The van der Waals surface area contributed by atoms with Gasteiger partial charge in [-0.05, 0) is 26.7 Å². The topological polar surface area (TPSA) is 55.8 Å². The van der Waals surface area contributed by atoms with Crippen molar-refractivity contribution < 1.29 is 19.1 Å². The number of methoxy groups -OCH3 is 2. The van der Waals surface area contributed by atoms with Crippen LogP contribution in [0.1, 0.15) is 26.7 Å². The van der Waals surface area contributed by atoms with Crippen LogP contribution in [0.15, 0.2) is 29.3 Å². The number of imide groups is 1. The van der Waals surface area contributed by atoms with Crippen molar-refractivity contribution in [3.8, 4) is 11.5 Å². The van der Waals surface area contributed by atoms with Gasteiger partial charge < -0.3 is 9.47 Å². The Balaban J connectivity index is 1.99. The van der Waals surface area contributed by atoms with Gasteiger partial charge in [-0.2, -0.15) is 0 Å². The van der Waals surface area contributed by atoms with E-state index in [1.807, 2.05) is 13.8 Å². The van der Waals surface area contributed by atoms with E-state index in [1.165, 1.54) is 16.0 Å². The first-order chi connectivity index (χ1) is 11.0. The van der Waals surface area contributed by atoms with Crippen molar-refractivity contribution in [3.63, 3.8) is 0 Å². The Hall–Kier alpha value is -2.30. The summed E-state index contributed by atoms with van der Waals surface area (Å²) in [4.78, 5) is 26.9. The molecule has 1 saturated heterocycles. The van der Waals surface area contributed by atoms with E-state index in [9.17, 15) is 9.59 Å². The highest BCUT2D eigenvalue weighted by Crippen LogP contribution is 2.43. The number of hydrogen-bond donors (Lipinski definition) is 0. The van der Waals surface area contributed by atoms with E-state index in [4.69, 9.17) is 9.47 Å². The smallest absolute Gasteiger partial charge is 0.238 e. The third kappa shape index (κ3) is 2.50. The summed E-state index contributed by atoms with van der Waals surface area (Å²) in [6, 6.07) is 5.11. The molecule has 122 valence electrons. The summed E-state index contributed by atoms with van der Waals surface area (Å²) in [7, 11) is 3.09. The maximum absolute atomic E-state index is 12.8. The van der Waals surface area contributed by atoms with Gasteiger partial charge in [0.05, 0.1) is 31.7 Å². The molecule has 2 unspecified atom stereocenters. The van der Waals surface area contributed by atoms with Gasteiger partial charge in [0, 0.05) is 18.2 Å². The minimum Gasteiger partial charge on any atom is -0.497 e. The minimum absolute atomic E-state index is 0.123. The molecule has 0 aromatic heterocycles. The summed E-state index contributed by atoms with van der Waals surface area (Å²) in [5.74, 6) is 0.372. The second-order valence-corrected chi connectivity index (χ2v) is 6.26. The van der Waals surface area contributed by atoms with Gasteiger partial charge in [0.2, 0.25) is 11.8 Å². The summed E-state index contributed by atoms with van der Waals surface area (Å²) < 4.78 is 10.5. The Morgan fingerprint density at radius 2 is 1.30 bits per heavy atom. The van der Waals surface area contributed by atoms with E-state index in [-0.39, 0.29) is 23.7 Å². The number of allylic oxidation sites excluding steroid dienone is 2. The number of anilines is 1. The average Bonchev–Trinajstić information content (AvgIpc) is 2.78. The van der Waals surface area contributed by atoms with Crippen molar-refractivity contribution in [2.24, 2.45) is 11.8 Å². The summed E-state index contributed by atoms with van der Waals surface area (Å²) in [6.45, 7) is 4.08. The first-order valence-corrected chi connectivity index (χ1v) is 7.72. The predicted octanol–water partition coefficient (Wildman–Crippen LogP) is 2.94. The van der Waals surface area contributed by atoms with Crippen LogP contribution in [0.25, 0.3) is 0 Å². The molecule has 0 saturated carbocycles. The van der Waals surface area contributed by atoms with Crippen molar-refractivity contribution in [1.82, 2.24) is 0 Å². The second-order valence-electron chi connectivity index (χ2n) is 6.26. The lowest BCUT2D eigenvalue weighted by atomic mass is 9.78. The van der Waals surface area contributed by atoms with Gasteiger partial charge in [0.1, 0.15) is 11.5 Å². The fourth-order valence-electron chi connectivity index (χ4n) is 3.43. The molecule has 1 aromatic carbocycles. The number of hydrogen-bond acceptors (Lipinski definition) is 4. The van der Waals surface area contributed by atoms with Crippen LogP contribution in [0.5, 0.6) is 11.5 Å². The van der Waals surface area contributed by atoms with Crippen LogP contribution in [0.4, 0.5) is 5.69 Å². The monoisotopic (exact) mass is 315 g/mol. The van der Waals surface area contributed by atoms with E-state index < -0.39 is 0 Å². The van der Waals surface area contributed by atoms with Crippen molar-refractivity contribution in [2.75, 3.05) is 19.1 Å². The van der Waals surface area contributed by atoms with Crippen molar-refractivity contribution >= 4 is 17.5 Å². The lowest BCUT2D eigenvalue weighted by Crippen LogP contribution is -2.30. The molecule has 1 aromatic rings. The molecule has 0 spiro atoms. The number of carbonyl (C=O) groups excluding carboxylic acids is 2. The largest absolute Gasteiger partial charge is 0.497 e. The first-order valence-electron chi connectivity index (χ1n) is 7.72. The van der Waals surface area contributed by atoms with E-state index in [0.717, 1.165) is 0 Å². The number of nitrogens with zero attached hydrogens (tertiary/aromatic N) is 1.